The van der Waals surface area contributed by atoms with Crippen LogP contribution in [0.15, 0.2) is 0 Å². The molecule has 114 valence electrons. The number of hydrogen-bond donors (Lipinski definition) is 3. The summed E-state index contributed by atoms with van der Waals surface area (Å²) in [5.41, 5.74) is 0. The number of nitrogens with zero attached hydrogens (tertiary/aromatic N) is 1. The first-order valence-corrected chi connectivity index (χ1v) is 7.69. The molecule has 2 fully saturated rings. The third kappa shape index (κ3) is 4.67. The predicted molar refractivity (Wildman–Crippen MR) is 75.6 cm³/mol. The summed E-state index contributed by atoms with van der Waals surface area (Å²) in [6.45, 7) is 2.05. The normalized spacial score (nSPS) is 23.2. The molecular formula is C14H25N3O3. The van der Waals surface area contributed by atoms with Crippen molar-refractivity contribution in [2.45, 2.75) is 57.0 Å². The number of carbonyl (C=O) groups is 2. The molecule has 1 unspecified atom stereocenters. The maximum Gasteiger partial charge on any atom is 0.326 e. The van der Waals surface area contributed by atoms with E-state index in [9.17, 15) is 14.7 Å². The highest BCUT2D eigenvalue weighted by molar-refractivity contribution is 5.82. The summed E-state index contributed by atoms with van der Waals surface area (Å²) >= 11 is 0. The monoisotopic (exact) mass is 283 g/mol. The van der Waals surface area contributed by atoms with Crippen molar-refractivity contribution < 1.29 is 14.7 Å². The molecule has 2 amide bonds. The van der Waals surface area contributed by atoms with Gasteiger partial charge in [-0.15, -0.1) is 0 Å². The smallest absolute Gasteiger partial charge is 0.326 e. The van der Waals surface area contributed by atoms with Gasteiger partial charge in [-0.1, -0.05) is 12.8 Å². The van der Waals surface area contributed by atoms with E-state index in [1.807, 2.05) is 0 Å². The largest absolute Gasteiger partial charge is 0.480 e. The van der Waals surface area contributed by atoms with E-state index in [2.05, 4.69) is 10.6 Å². The predicted octanol–water partition coefficient (Wildman–Crippen LogP) is 1.17. The Morgan fingerprint density at radius 1 is 1.10 bits per heavy atom. The van der Waals surface area contributed by atoms with Gasteiger partial charge in [-0.25, -0.2) is 9.59 Å². The lowest BCUT2D eigenvalue weighted by molar-refractivity contribution is -0.142. The number of carboxylic acid groups (broad SMARTS) is 1. The molecule has 0 aromatic carbocycles. The van der Waals surface area contributed by atoms with Crippen LogP contribution in [0, 0.1) is 0 Å². The molecule has 2 aliphatic rings. The highest BCUT2D eigenvalue weighted by atomic mass is 16.4. The van der Waals surface area contributed by atoms with E-state index < -0.39 is 12.0 Å². The number of carbonyl (C=O) groups excluding carboxylic acids is 1. The van der Waals surface area contributed by atoms with Crippen molar-refractivity contribution in [2.24, 2.45) is 0 Å². The standard InChI is InChI=1S/C14H25N3O3/c18-13(19)12-5-2-1-3-10-17(12)14(20)16-9-4-8-15-11-6-7-11/h11-12,15H,1-10H2,(H,16,20)(H,18,19). The molecule has 0 radical (unpaired) electrons. The van der Waals surface area contributed by atoms with Crippen LogP contribution < -0.4 is 10.6 Å². The van der Waals surface area contributed by atoms with Crippen LogP contribution in [0.5, 0.6) is 0 Å². The van der Waals surface area contributed by atoms with Gasteiger partial charge < -0.3 is 20.6 Å². The lowest BCUT2D eigenvalue weighted by Crippen LogP contribution is -2.49. The minimum absolute atomic E-state index is 0.231. The zero-order valence-corrected chi connectivity index (χ0v) is 11.9. The van der Waals surface area contributed by atoms with E-state index in [-0.39, 0.29) is 6.03 Å². The van der Waals surface area contributed by atoms with Crippen molar-refractivity contribution in [2.75, 3.05) is 19.6 Å². The molecule has 6 heteroatoms. The molecular weight excluding hydrogens is 258 g/mol. The average molecular weight is 283 g/mol. The lowest BCUT2D eigenvalue weighted by atomic mass is 10.1. The van der Waals surface area contributed by atoms with E-state index in [1.165, 1.54) is 17.7 Å². The van der Waals surface area contributed by atoms with Crippen molar-refractivity contribution in [1.82, 2.24) is 15.5 Å². The maximum absolute atomic E-state index is 12.1. The minimum atomic E-state index is -0.891. The van der Waals surface area contributed by atoms with Crippen LogP contribution >= 0.6 is 0 Å². The van der Waals surface area contributed by atoms with Gasteiger partial charge >= 0.3 is 12.0 Å². The van der Waals surface area contributed by atoms with Gasteiger partial charge in [0, 0.05) is 19.1 Å². The third-order valence-electron chi connectivity index (χ3n) is 3.94. The highest BCUT2D eigenvalue weighted by Crippen LogP contribution is 2.18. The summed E-state index contributed by atoms with van der Waals surface area (Å²) in [4.78, 5) is 24.8. The first-order valence-electron chi connectivity index (χ1n) is 7.69. The number of likely N-dealkylation sites (tertiary alicyclic amines) is 1. The number of urea groups is 1. The Morgan fingerprint density at radius 2 is 1.90 bits per heavy atom. The van der Waals surface area contributed by atoms with Crippen molar-refractivity contribution in [3.63, 3.8) is 0 Å². The molecule has 2 rings (SSSR count). The van der Waals surface area contributed by atoms with E-state index in [1.54, 1.807) is 0 Å². The molecule has 6 nitrogen and oxygen atoms in total. The maximum atomic E-state index is 12.1. The van der Waals surface area contributed by atoms with Crippen molar-refractivity contribution in [3.8, 4) is 0 Å². The summed E-state index contributed by atoms with van der Waals surface area (Å²) in [6, 6.07) is -0.208. The fraction of sp³-hybridized carbons (Fsp3) is 0.857. The summed E-state index contributed by atoms with van der Waals surface area (Å²) in [5.74, 6) is -0.891. The number of carboxylic acids is 1. The molecule has 0 aromatic rings. The van der Waals surface area contributed by atoms with Crippen LogP contribution in [-0.4, -0.2) is 53.7 Å². The molecule has 0 spiro atoms. The van der Waals surface area contributed by atoms with Crippen LogP contribution in [0.25, 0.3) is 0 Å². The van der Waals surface area contributed by atoms with E-state index >= 15 is 0 Å². The number of amides is 2. The zero-order valence-electron chi connectivity index (χ0n) is 11.9. The molecule has 0 aromatic heterocycles. The van der Waals surface area contributed by atoms with Gasteiger partial charge in [-0.3, -0.25) is 0 Å². The second-order valence-electron chi connectivity index (χ2n) is 5.71. The van der Waals surface area contributed by atoms with Gasteiger partial charge in [0.2, 0.25) is 0 Å². The number of aliphatic carboxylic acids is 1. The third-order valence-corrected chi connectivity index (χ3v) is 3.94. The fourth-order valence-corrected chi connectivity index (χ4v) is 2.59. The molecule has 1 saturated heterocycles. The van der Waals surface area contributed by atoms with Crippen molar-refractivity contribution in [1.29, 1.82) is 0 Å². The van der Waals surface area contributed by atoms with Gasteiger partial charge in [0.15, 0.2) is 0 Å². The first-order chi connectivity index (χ1) is 9.68. The van der Waals surface area contributed by atoms with Gasteiger partial charge in [0.1, 0.15) is 6.04 Å². The van der Waals surface area contributed by atoms with Crippen molar-refractivity contribution in [3.05, 3.63) is 0 Å². The van der Waals surface area contributed by atoms with Crippen molar-refractivity contribution >= 4 is 12.0 Å². The molecule has 0 bridgehead atoms. The highest BCUT2D eigenvalue weighted by Gasteiger charge is 2.30. The van der Waals surface area contributed by atoms with E-state index in [0.29, 0.717) is 25.6 Å². The first kappa shape index (κ1) is 15.1. The van der Waals surface area contributed by atoms with Crippen LogP contribution in [0.4, 0.5) is 4.79 Å². The van der Waals surface area contributed by atoms with Crippen LogP contribution in [0.3, 0.4) is 0 Å². The number of rotatable bonds is 6. The Bertz CT molecular complexity index is 345. The Morgan fingerprint density at radius 3 is 2.60 bits per heavy atom. The van der Waals surface area contributed by atoms with Crippen LogP contribution in [-0.2, 0) is 4.79 Å². The Kier molecular flexibility index (Phi) is 5.64. The molecule has 3 N–H and O–H groups in total. The Hall–Kier alpha value is -1.30. The molecule has 1 aliphatic carbocycles. The van der Waals surface area contributed by atoms with Gasteiger partial charge in [0.25, 0.3) is 0 Å². The molecule has 20 heavy (non-hydrogen) atoms. The van der Waals surface area contributed by atoms with Gasteiger partial charge in [0.05, 0.1) is 0 Å². The SMILES string of the molecule is O=C(O)C1CCCCCN1C(=O)NCCCNC1CC1. The molecule has 1 aliphatic heterocycles. The Labute approximate surface area is 119 Å². The van der Waals surface area contributed by atoms with E-state index in [4.69, 9.17) is 0 Å². The summed E-state index contributed by atoms with van der Waals surface area (Å²) < 4.78 is 0. The second kappa shape index (κ2) is 7.47. The number of nitrogens with one attached hydrogen (secondary N) is 2. The lowest BCUT2D eigenvalue weighted by Gasteiger charge is -2.27. The number of hydrogen-bond acceptors (Lipinski definition) is 3. The average Bonchev–Trinajstić information content (AvgIpc) is 3.23. The van der Waals surface area contributed by atoms with Crippen LogP contribution in [0.1, 0.15) is 44.9 Å². The summed E-state index contributed by atoms with van der Waals surface area (Å²) in [7, 11) is 0. The zero-order chi connectivity index (χ0) is 14.4. The van der Waals surface area contributed by atoms with Crippen LogP contribution in [0.2, 0.25) is 0 Å². The fourth-order valence-electron chi connectivity index (χ4n) is 2.59. The minimum Gasteiger partial charge on any atom is -0.480 e. The van der Waals surface area contributed by atoms with Gasteiger partial charge in [-0.2, -0.15) is 0 Å². The second-order valence-corrected chi connectivity index (χ2v) is 5.71. The van der Waals surface area contributed by atoms with E-state index in [0.717, 1.165) is 32.2 Å². The quantitative estimate of drug-likeness (QED) is 0.639. The summed E-state index contributed by atoms with van der Waals surface area (Å²) in [5, 5.41) is 15.5. The van der Waals surface area contributed by atoms with Gasteiger partial charge in [-0.05, 0) is 38.6 Å². The molecule has 1 atom stereocenters. The summed E-state index contributed by atoms with van der Waals surface area (Å²) in [6.07, 6.45) is 6.74. The topological polar surface area (TPSA) is 81.7 Å². The Balaban J connectivity index is 1.71. The molecule has 1 heterocycles. The molecule has 1 saturated carbocycles.